The topological polar surface area (TPSA) is 55.4 Å². The van der Waals surface area contributed by atoms with E-state index in [9.17, 15) is 4.91 Å². The van der Waals surface area contributed by atoms with Gasteiger partial charge in [-0.05, 0) is 13.8 Å². The first kappa shape index (κ1) is 6.56. The Morgan fingerprint density at radius 3 is 2.14 bits per heavy atom. The van der Waals surface area contributed by atoms with Gasteiger partial charge in [-0.3, -0.25) is 0 Å². The first-order valence-corrected chi connectivity index (χ1v) is 2.14. The summed E-state index contributed by atoms with van der Waals surface area (Å²) in [6.45, 7) is 3.70. The van der Waals surface area contributed by atoms with Crippen LogP contribution in [0.25, 0.3) is 0 Å². The first-order valence-electron chi connectivity index (χ1n) is 2.14. The zero-order valence-electron chi connectivity index (χ0n) is 4.64. The fraction of sp³-hybridized carbons (Fsp3) is 1.00. The maximum absolute atomic E-state index is 9.49. The lowest BCUT2D eigenvalue weighted by Gasteiger charge is -2.11. The molecular formula is C4H10N2O. The van der Waals surface area contributed by atoms with Crippen LogP contribution in [-0.4, -0.2) is 12.1 Å². The first-order chi connectivity index (χ1) is 3.06. The van der Waals surface area contributed by atoms with Crippen molar-refractivity contribution in [2.45, 2.75) is 19.4 Å². The lowest BCUT2D eigenvalue weighted by atomic mass is 10.1. The van der Waals surface area contributed by atoms with Crippen molar-refractivity contribution in [2.75, 3.05) is 6.54 Å². The van der Waals surface area contributed by atoms with E-state index in [1.807, 2.05) is 0 Å². The highest BCUT2D eigenvalue weighted by atomic mass is 16.3. The summed E-state index contributed by atoms with van der Waals surface area (Å²) in [5.74, 6) is 0. The molecule has 0 saturated carbocycles. The summed E-state index contributed by atoms with van der Waals surface area (Å²) in [6.07, 6.45) is 0. The highest BCUT2D eigenvalue weighted by Crippen LogP contribution is 1.94. The van der Waals surface area contributed by atoms with Gasteiger partial charge in [-0.15, -0.1) is 0 Å². The summed E-state index contributed by atoms with van der Waals surface area (Å²) in [5.41, 5.74) is 4.92. The maximum atomic E-state index is 9.49. The van der Waals surface area contributed by atoms with Gasteiger partial charge in [0, 0.05) is 5.54 Å². The second-order valence-corrected chi connectivity index (χ2v) is 2.28. The molecule has 0 aliphatic heterocycles. The average Bonchev–Trinajstić information content (AvgIpc) is 1.30. The summed E-state index contributed by atoms with van der Waals surface area (Å²) < 4.78 is 0. The molecule has 0 amide bonds. The van der Waals surface area contributed by atoms with E-state index in [0.717, 1.165) is 0 Å². The number of rotatable bonds is 2. The molecule has 0 aromatic rings. The predicted molar refractivity (Wildman–Crippen MR) is 28.9 cm³/mol. The third-order valence-electron chi connectivity index (χ3n) is 0.472. The van der Waals surface area contributed by atoms with Crippen molar-refractivity contribution in [3.05, 3.63) is 4.91 Å². The van der Waals surface area contributed by atoms with Crippen LogP contribution in [0.3, 0.4) is 0 Å². The molecule has 2 N–H and O–H groups in total. The van der Waals surface area contributed by atoms with Gasteiger partial charge in [-0.25, -0.2) is 0 Å². The van der Waals surface area contributed by atoms with Gasteiger partial charge in [0.05, 0.1) is 6.54 Å². The van der Waals surface area contributed by atoms with Crippen molar-refractivity contribution in [2.24, 2.45) is 10.9 Å². The molecule has 0 fully saturated rings. The minimum Gasteiger partial charge on any atom is -0.324 e. The summed E-state index contributed by atoms with van der Waals surface area (Å²) in [5, 5.41) is 2.63. The minimum atomic E-state index is -0.429. The van der Waals surface area contributed by atoms with Gasteiger partial charge in [0.15, 0.2) is 0 Å². The standard InChI is InChI=1S/C4H10N2O/c1-4(2,5)3-6-7/h3,5H2,1-2H3. The molecule has 0 unspecified atom stereocenters. The van der Waals surface area contributed by atoms with Crippen molar-refractivity contribution < 1.29 is 0 Å². The Balaban J connectivity index is 3.34. The van der Waals surface area contributed by atoms with Gasteiger partial charge >= 0.3 is 0 Å². The third-order valence-corrected chi connectivity index (χ3v) is 0.472. The number of nitroso groups, excluding NO2 is 1. The molecule has 0 radical (unpaired) electrons. The Morgan fingerprint density at radius 1 is 1.71 bits per heavy atom. The van der Waals surface area contributed by atoms with Gasteiger partial charge in [-0.1, -0.05) is 5.18 Å². The summed E-state index contributed by atoms with van der Waals surface area (Å²) in [6, 6.07) is 0. The van der Waals surface area contributed by atoms with Gasteiger partial charge < -0.3 is 5.73 Å². The lowest BCUT2D eigenvalue weighted by Crippen LogP contribution is -2.34. The zero-order valence-corrected chi connectivity index (χ0v) is 4.64. The molecule has 0 aromatic carbocycles. The highest BCUT2D eigenvalue weighted by molar-refractivity contribution is 4.73. The van der Waals surface area contributed by atoms with E-state index in [0.29, 0.717) is 0 Å². The van der Waals surface area contributed by atoms with Crippen molar-refractivity contribution in [1.29, 1.82) is 0 Å². The SMILES string of the molecule is CC(C)(N)CN=O. The monoisotopic (exact) mass is 102 g/mol. The van der Waals surface area contributed by atoms with E-state index in [4.69, 9.17) is 5.73 Å². The Hall–Kier alpha value is -0.440. The lowest BCUT2D eigenvalue weighted by molar-refractivity contribution is 0.532. The summed E-state index contributed by atoms with van der Waals surface area (Å²) in [4.78, 5) is 9.49. The van der Waals surface area contributed by atoms with Crippen molar-refractivity contribution in [1.82, 2.24) is 0 Å². The van der Waals surface area contributed by atoms with E-state index in [-0.39, 0.29) is 6.54 Å². The van der Waals surface area contributed by atoms with Crippen LogP contribution in [0, 0.1) is 4.91 Å². The molecule has 0 heterocycles. The number of hydrogen-bond acceptors (Lipinski definition) is 3. The van der Waals surface area contributed by atoms with Crippen LogP contribution >= 0.6 is 0 Å². The minimum absolute atomic E-state index is 0.188. The van der Waals surface area contributed by atoms with Crippen molar-refractivity contribution in [3.63, 3.8) is 0 Å². The Labute approximate surface area is 42.9 Å². The van der Waals surface area contributed by atoms with Crippen LogP contribution in [0.5, 0.6) is 0 Å². The van der Waals surface area contributed by atoms with E-state index < -0.39 is 5.54 Å². The molecule has 0 aromatic heterocycles. The highest BCUT2D eigenvalue weighted by Gasteiger charge is 2.08. The molecule has 0 spiro atoms. The molecule has 42 valence electrons. The molecule has 0 aliphatic carbocycles. The molecule has 0 saturated heterocycles. The fourth-order valence-corrected chi connectivity index (χ4v) is 0.166. The third kappa shape index (κ3) is 5.56. The van der Waals surface area contributed by atoms with Crippen molar-refractivity contribution >= 4 is 0 Å². The second-order valence-electron chi connectivity index (χ2n) is 2.28. The molecule has 7 heavy (non-hydrogen) atoms. The molecule has 3 heteroatoms. The van der Waals surface area contributed by atoms with Crippen LogP contribution in [-0.2, 0) is 0 Å². The van der Waals surface area contributed by atoms with Gasteiger partial charge in [-0.2, -0.15) is 4.91 Å². The molecule has 0 rings (SSSR count). The Kier molecular flexibility index (Phi) is 1.90. The second kappa shape index (κ2) is 2.02. The van der Waals surface area contributed by atoms with E-state index in [2.05, 4.69) is 5.18 Å². The smallest absolute Gasteiger partial charge is 0.0985 e. The normalized spacial score (nSPS) is 11.3. The molecular weight excluding hydrogens is 92.1 g/mol. The van der Waals surface area contributed by atoms with Gasteiger partial charge in [0.25, 0.3) is 0 Å². The zero-order chi connectivity index (χ0) is 5.91. The van der Waals surface area contributed by atoms with Crippen LogP contribution in [0.1, 0.15) is 13.8 Å². The largest absolute Gasteiger partial charge is 0.324 e. The predicted octanol–water partition coefficient (Wildman–Crippen LogP) is 0.490. The van der Waals surface area contributed by atoms with Crippen molar-refractivity contribution in [3.8, 4) is 0 Å². The fourth-order valence-electron chi connectivity index (χ4n) is 0.166. The molecule has 0 aliphatic rings. The van der Waals surface area contributed by atoms with E-state index >= 15 is 0 Å². The maximum Gasteiger partial charge on any atom is 0.0985 e. The van der Waals surface area contributed by atoms with Gasteiger partial charge in [0.1, 0.15) is 0 Å². The van der Waals surface area contributed by atoms with E-state index in [1.165, 1.54) is 0 Å². The van der Waals surface area contributed by atoms with Crippen LogP contribution in [0.4, 0.5) is 0 Å². The number of nitrogens with two attached hydrogens (primary N) is 1. The summed E-state index contributed by atoms with van der Waals surface area (Å²) >= 11 is 0. The Morgan fingerprint density at radius 2 is 2.14 bits per heavy atom. The average molecular weight is 102 g/mol. The summed E-state index contributed by atoms with van der Waals surface area (Å²) in [7, 11) is 0. The number of hydrogen-bond donors (Lipinski definition) is 1. The Bertz CT molecular complexity index is 64.6. The van der Waals surface area contributed by atoms with Crippen LogP contribution < -0.4 is 5.73 Å². The quantitative estimate of drug-likeness (QED) is 0.516. The van der Waals surface area contributed by atoms with Crippen LogP contribution in [0.15, 0.2) is 5.18 Å². The molecule has 0 atom stereocenters. The molecule has 3 nitrogen and oxygen atoms in total. The number of nitrogens with zero attached hydrogens (tertiary/aromatic N) is 1. The molecule has 0 bridgehead atoms. The van der Waals surface area contributed by atoms with E-state index in [1.54, 1.807) is 13.8 Å². The van der Waals surface area contributed by atoms with Crippen LogP contribution in [0.2, 0.25) is 0 Å². The van der Waals surface area contributed by atoms with Gasteiger partial charge in [0.2, 0.25) is 0 Å².